The summed E-state index contributed by atoms with van der Waals surface area (Å²) in [6.07, 6.45) is 8.48. The highest BCUT2D eigenvalue weighted by molar-refractivity contribution is 5.88. The van der Waals surface area contributed by atoms with Crippen LogP contribution in [0.25, 0.3) is 22.2 Å². The number of aromatic nitrogens is 1. The molecule has 26 heavy (non-hydrogen) atoms. The van der Waals surface area contributed by atoms with Crippen LogP contribution in [-0.2, 0) is 0 Å². The van der Waals surface area contributed by atoms with Crippen molar-refractivity contribution in [1.82, 2.24) is 9.88 Å². The van der Waals surface area contributed by atoms with Gasteiger partial charge < -0.3 is 9.80 Å². The van der Waals surface area contributed by atoms with Crippen molar-refractivity contribution in [3.8, 4) is 11.3 Å². The molecule has 0 saturated heterocycles. The van der Waals surface area contributed by atoms with Crippen LogP contribution in [0.5, 0.6) is 0 Å². The Hall–Kier alpha value is -2.81. The topological polar surface area (TPSA) is 19.4 Å². The molecule has 5 rings (SSSR count). The van der Waals surface area contributed by atoms with Crippen molar-refractivity contribution in [1.29, 1.82) is 0 Å². The summed E-state index contributed by atoms with van der Waals surface area (Å²) in [6, 6.07) is 20.0. The predicted octanol–water partition coefficient (Wildman–Crippen LogP) is 5.31. The summed E-state index contributed by atoms with van der Waals surface area (Å²) in [6.45, 7) is 3.12. The highest BCUT2D eigenvalue weighted by Gasteiger charge is 2.26. The van der Waals surface area contributed by atoms with Crippen LogP contribution >= 0.6 is 0 Å². The SMILES string of the molecule is Cc1cc(-c2ccccc2)nc2cc(N3C=CN(C4CCC4)C3)ccc12. The Morgan fingerprint density at radius 1 is 0.962 bits per heavy atom. The van der Waals surface area contributed by atoms with E-state index in [0.29, 0.717) is 0 Å². The molecule has 1 aliphatic carbocycles. The summed E-state index contributed by atoms with van der Waals surface area (Å²) in [4.78, 5) is 9.74. The van der Waals surface area contributed by atoms with Crippen LogP contribution in [0.15, 0.2) is 67.0 Å². The van der Waals surface area contributed by atoms with Crippen LogP contribution in [-0.4, -0.2) is 22.6 Å². The molecule has 0 bridgehead atoms. The lowest BCUT2D eigenvalue weighted by Gasteiger charge is -2.35. The standard InChI is InChI=1S/C23H23N3/c1-17-14-22(18-6-3-2-4-7-18)24-23-15-20(10-11-21(17)23)26-13-12-25(16-26)19-8-5-9-19/h2-4,6-7,10-15,19H,5,8-9,16H2,1H3. The Morgan fingerprint density at radius 2 is 1.81 bits per heavy atom. The van der Waals surface area contributed by atoms with Crippen LogP contribution < -0.4 is 4.90 Å². The van der Waals surface area contributed by atoms with Crippen LogP contribution in [0, 0.1) is 6.92 Å². The van der Waals surface area contributed by atoms with E-state index in [1.807, 2.05) is 6.07 Å². The number of nitrogens with zero attached hydrogens (tertiary/aromatic N) is 3. The Morgan fingerprint density at radius 3 is 2.58 bits per heavy atom. The van der Waals surface area contributed by atoms with Gasteiger partial charge in [-0.1, -0.05) is 36.4 Å². The predicted molar refractivity (Wildman–Crippen MR) is 108 cm³/mol. The van der Waals surface area contributed by atoms with Crippen LogP contribution in [0.4, 0.5) is 5.69 Å². The number of pyridine rings is 1. The van der Waals surface area contributed by atoms with E-state index < -0.39 is 0 Å². The molecule has 2 aliphatic rings. The molecule has 3 aromatic rings. The van der Waals surface area contributed by atoms with E-state index in [9.17, 15) is 0 Å². The third kappa shape index (κ3) is 2.64. The molecule has 1 aliphatic heterocycles. The number of benzene rings is 2. The molecule has 3 heteroatoms. The molecule has 130 valence electrons. The number of rotatable bonds is 3. The van der Waals surface area contributed by atoms with Gasteiger partial charge in [-0.15, -0.1) is 0 Å². The van der Waals surface area contributed by atoms with Gasteiger partial charge in [0.2, 0.25) is 0 Å². The van der Waals surface area contributed by atoms with Gasteiger partial charge in [0.05, 0.1) is 17.9 Å². The molecule has 0 spiro atoms. The summed E-state index contributed by atoms with van der Waals surface area (Å²) in [5.74, 6) is 0. The van der Waals surface area contributed by atoms with Crippen molar-refractivity contribution >= 4 is 16.6 Å². The van der Waals surface area contributed by atoms with E-state index >= 15 is 0 Å². The van der Waals surface area contributed by atoms with E-state index in [1.54, 1.807) is 0 Å². The van der Waals surface area contributed by atoms with Crippen LogP contribution in [0.3, 0.4) is 0 Å². The number of aryl methyl sites for hydroxylation is 1. The molecule has 1 fully saturated rings. The zero-order valence-corrected chi connectivity index (χ0v) is 15.1. The van der Waals surface area contributed by atoms with Gasteiger partial charge in [-0.25, -0.2) is 4.98 Å². The fourth-order valence-corrected chi connectivity index (χ4v) is 3.89. The monoisotopic (exact) mass is 341 g/mol. The molecule has 2 aromatic carbocycles. The summed E-state index contributed by atoms with van der Waals surface area (Å²) in [5, 5.41) is 1.23. The first-order valence-corrected chi connectivity index (χ1v) is 9.45. The summed E-state index contributed by atoms with van der Waals surface area (Å²) < 4.78 is 0. The Kier molecular flexibility index (Phi) is 3.66. The van der Waals surface area contributed by atoms with E-state index in [1.165, 1.54) is 41.5 Å². The Labute approximate surface area is 154 Å². The van der Waals surface area contributed by atoms with Crippen molar-refractivity contribution in [2.75, 3.05) is 11.6 Å². The summed E-state index contributed by atoms with van der Waals surface area (Å²) in [7, 11) is 0. The highest BCUT2D eigenvalue weighted by atomic mass is 15.4. The molecular formula is C23H23N3. The second-order valence-corrected chi connectivity index (χ2v) is 7.40. The second-order valence-electron chi connectivity index (χ2n) is 7.40. The van der Waals surface area contributed by atoms with Crippen molar-refractivity contribution in [3.63, 3.8) is 0 Å². The zero-order chi connectivity index (χ0) is 17.5. The maximum atomic E-state index is 4.96. The smallest absolute Gasteiger partial charge is 0.0944 e. The number of hydrogen-bond acceptors (Lipinski definition) is 3. The van der Waals surface area contributed by atoms with Gasteiger partial charge in [-0.3, -0.25) is 0 Å². The Bertz CT molecular complexity index is 973. The van der Waals surface area contributed by atoms with Crippen molar-refractivity contribution in [2.24, 2.45) is 0 Å². The van der Waals surface area contributed by atoms with E-state index in [2.05, 4.69) is 77.7 Å². The largest absolute Gasteiger partial charge is 0.355 e. The number of anilines is 1. The maximum Gasteiger partial charge on any atom is 0.0944 e. The van der Waals surface area contributed by atoms with Gasteiger partial charge in [-0.05, 0) is 49.9 Å². The number of hydrogen-bond donors (Lipinski definition) is 0. The Balaban J connectivity index is 1.49. The van der Waals surface area contributed by atoms with Crippen molar-refractivity contribution in [3.05, 3.63) is 72.6 Å². The maximum absolute atomic E-state index is 4.96. The van der Waals surface area contributed by atoms with Crippen LogP contribution in [0.1, 0.15) is 24.8 Å². The molecule has 2 heterocycles. The lowest BCUT2D eigenvalue weighted by atomic mass is 9.92. The third-order valence-corrected chi connectivity index (χ3v) is 5.70. The molecule has 0 unspecified atom stereocenters. The summed E-state index contributed by atoms with van der Waals surface area (Å²) >= 11 is 0. The molecule has 3 nitrogen and oxygen atoms in total. The van der Waals surface area contributed by atoms with Gasteiger partial charge in [0, 0.05) is 35.1 Å². The minimum absolute atomic E-state index is 0.738. The van der Waals surface area contributed by atoms with Gasteiger partial charge in [0.25, 0.3) is 0 Å². The molecule has 0 atom stereocenters. The highest BCUT2D eigenvalue weighted by Crippen LogP contribution is 2.31. The third-order valence-electron chi connectivity index (χ3n) is 5.70. The van der Waals surface area contributed by atoms with Crippen molar-refractivity contribution in [2.45, 2.75) is 32.2 Å². The van der Waals surface area contributed by atoms with Crippen LogP contribution in [0.2, 0.25) is 0 Å². The van der Waals surface area contributed by atoms with Crippen molar-refractivity contribution < 1.29 is 0 Å². The van der Waals surface area contributed by atoms with E-state index in [4.69, 9.17) is 4.98 Å². The molecule has 1 aromatic heterocycles. The molecule has 0 radical (unpaired) electrons. The molecular weight excluding hydrogens is 318 g/mol. The average molecular weight is 341 g/mol. The zero-order valence-electron chi connectivity index (χ0n) is 15.1. The fraction of sp³-hybridized carbons (Fsp3) is 0.261. The fourth-order valence-electron chi connectivity index (χ4n) is 3.89. The van der Waals surface area contributed by atoms with Gasteiger partial charge in [0.1, 0.15) is 0 Å². The average Bonchev–Trinajstić information content (AvgIpc) is 3.10. The van der Waals surface area contributed by atoms with Gasteiger partial charge in [0.15, 0.2) is 0 Å². The second kappa shape index (κ2) is 6.17. The normalized spacial score (nSPS) is 17.1. The minimum Gasteiger partial charge on any atom is -0.355 e. The first kappa shape index (κ1) is 15.4. The first-order valence-electron chi connectivity index (χ1n) is 9.45. The molecule has 0 amide bonds. The number of fused-ring (bicyclic) bond motifs is 1. The summed E-state index contributed by atoms with van der Waals surface area (Å²) in [5.41, 5.74) is 5.76. The quantitative estimate of drug-likeness (QED) is 0.643. The van der Waals surface area contributed by atoms with Gasteiger partial charge >= 0.3 is 0 Å². The van der Waals surface area contributed by atoms with E-state index in [0.717, 1.165) is 23.9 Å². The minimum atomic E-state index is 0.738. The lowest BCUT2D eigenvalue weighted by molar-refractivity contribution is 0.197. The van der Waals surface area contributed by atoms with E-state index in [-0.39, 0.29) is 0 Å². The molecule has 0 N–H and O–H groups in total. The lowest BCUT2D eigenvalue weighted by Crippen LogP contribution is -2.38. The first-order chi connectivity index (χ1) is 12.8. The molecule has 1 saturated carbocycles. The van der Waals surface area contributed by atoms with Gasteiger partial charge in [-0.2, -0.15) is 0 Å².